The van der Waals surface area contributed by atoms with E-state index in [1.807, 2.05) is 30.5 Å². The molecule has 0 bridgehead atoms. The van der Waals surface area contributed by atoms with Gasteiger partial charge in [0.05, 0.1) is 6.42 Å². The van der Waals surface area contributed by atoms with Gasteiger partial charge in [0.2, 0.25) is 11.8 Å². The number of nitrogens with zero attached hydrogens (tertiary/aromatic N) is 2. The molecule has 1 heterocycles. The van der Waals surface area contributed by atoms with Gasteiger partial charge in [-0.15, -0.1) is 16.9 Å². The minimum atomic E-state index is -0.215. The topological polar surface area (TPSA) is 68.0 Å². The summed E-state index contributed by atoms with van der Waals surface area (Å²) in [4.78, 5) is 13.2. The Bertz CT molecular complexity index is 849. The number of hydrogen-bond donors (Lipinski definition) is 1. The normalized spacial score (nSPS) is 10.6. The number of carbonyl (C=O) groups excluding carboxylic acids is 1. The second-order valence-corrected chi connectivity index (χ2v) is 6.31. The first kappa shape index (κ1) is 16.5. The Morgan fingerprint density at radius 1 is 1.21 bits per heavy atom. The Labute approximate surface area is 148 Å². The molecule has 0 saturated heterocycles. The van der Waals surface area contributed by atoms with Crippen LogP contribution in [-0.4, -0.2) is 22.4 Å². The molecule has 0 fully saturated rings. The van der Waals surface area contributed by atoms with E-state index >= 15 is 0 Å². The number of amides is 1. The van der Waals surface area contributed by atoms with Crippen LogP contribution >= 0.6 is 23.4 Å². The summed E-state index contributed by atoms with van der Waals surface area (Å²) in [6.45, 7) is 0. The van der Waals surface area contributed by atoms with Gasteiger partial charge in [0.15, 0.2) is 0 Å². The minimum absolute atomic E-state index is 0.0655. The van der Waals surface area contributed by atoms with E-state index < -0.39 is 0 Å². The van der Waals surface area contributed by atoms with Crippen molar-refractivity contribution in [1.29, 1.82) is 0 Å². The van der Waals surface area contributed by atoms with Crippen LogP contribution in [0.3, 0.4) is 0 Å². The predicted octanol–water partition coefficient (Wildman–Crippen LogP) is 4.29. The van der Waals surface area contributed by atoms with Crippen LogP contribution in [0.25, 0.3) is 11.5 Å². The zero-order valence-corrected chi connectivity index (χ0v) is 14.4. The largest absolute Gasteiger partial charge is 0.403 e. The Hall–Kier alpha value is -2.31. The monoisotopic (exact) mass is 359 g/mol. The molecule has 1 N–H and O–H groups in total. The van der Waals surface area contributed by atoms with Crippen LogP contribution in [0.1, 0.15) is 5.56 Å². The zero-order chi connectivity index (χ0) is 16.9. The lowest BCUT2D eigenvalue weighted by Gasteiger charge is -2.02. The number of benzene rings is 2. The molecule has 0 aliphatic rings. The van der Waals surface area contributed by atoms with Gasteiger partial charge in [-0.1, -0.05) is 34.9 Å². The summed E-state index contributed by atoms with van der Waals surface area (Å²) < 4.78 is 5.45. The van der Waals surface area contributed by atoms with Gasteiger partial charge < -0.3 is 4.42 Å². The number of thioether (sulfide) groups is 1. The molecule has 2 aromatic carbocycles. The molecule has 1 aromatic heterocycles. The number of halogens is 1. The maximum Gasteiger partial charge on any atom is 0.322 e. The number of carbonyl (C=O) groups is 1. The average molecular weight is 360 g/mol. The molecule has 3 aromatic rings. The van der Waals surface area contributed by atoms with Gasteiger partial charge in [-0.05, 0) is 42.2 Å². The molecule has 1 amide bonds. The highest BCUT2D eigenvalue weighted by molar-refractivity contribution is 7.98. The number of nitrogens with one attached hydrogen (secondary N) is 1. The van der Waals surface area contributed by atoms with Crippen molar-refractivity contribution in [3.63, 3.8) is 0 Å². The van der Waals surface area contributed by atoms with Crippen molar-refractivity contribution in [1.82, 2.24) is 10.2 Å². The number of aromatic nitrogens is 2. The second kappa shape index (κ2) is 7.51. The van der Waals surface area contributed by atoms with Crippen molar-refractivity contribution < 1.29 is 9.21 Å². The molecule has 7 heteroatoms. The maximum absolute atomic E-state index is 12.1. The summed E-state index contributed by atoms with van der Waals surface area (Å²) in [5.74, 6) is 0.0883. The minimum Gasteiger partial charge on any atom is -0.403 e. The highest BCUT2D eigenvalue weighted by atomic mass is 35.5. The Morgan fingerprint density at radius 2 is 2.00 bits per heavy atom. The van der Waals surface area contributed by atoms with E-state index in [2.05, 4.69) is 15.5 Å². The van der Waals surface area contributed by atoms with Crippen LogP contribution in [0, 0.1) is 0 Å². The first-order chi connectivity index (χ1) is 11.6. The van der Waals surface area contributed by atoms with E-state index in [-0.39, 0.29) is 18.3 Å². The molecular weight excluding hydrogens is 346 g/mol. The van der Waals surface area contributed by atoms with Crippen LogP contribution in [0.4, 0.5) is 6.01 Å². The van der Waals surface area contributed by atoms with Crippen molar-refractivity contribution in [3.05, 3.63) is 59.1 Å². The van der Waals surface area contributed by atoms with Crippen molar-refractivity contribution in [3.8, 4) is 11.5 Å². The summed E-state index contributed by atoms with van der Waals surface area (Å²) in [6, 6.07) is 15.0. The maximum atomic E-state index is 12.1. The van der Waals surface area contributed by atoms with Crippen molar-refractivity contribution in [2.75, 3.05) is 11.6 Å². The number of hydrogen-bond acceptors (Lipinski definition) is 5. The van der Waals surface area contributed by atoms with Crippen molar-refractivity contribution >= 4 is 35.3 Å². The van der Waals surface area contributed by atoms with Gasteiger partial charge in [-0.2, -0.15) is 0 Å². The zero-order valence-electron chi connectivity index (χ0n) is 12.8. The first-order valence-corrected chi connectivity index (χ1v) is 8.76. The molecule has 0 radical (unpaired) electrons. The van der Waals surface area contributed by atoms with Crippen LogP contribution in [0.15, 0.2) is 57.8 Å². The smallest absolute Gasteiger partial charge is 0.322 e. The molecule has 5 nitrogen and oxygen atoms in total. The predicted molar refractivity (Wildman–Crippen MR) is 95.3 cm³/mol. The van der Waals surface area contributed by atoms with Gasteiger partial charge in [-0.25, -0.2) is 0 Å². The van der Waals surface area contributed by atoms with Crippen LogP contribution < -0.4 is 5.32 Å². The third-order valence-corrected chi connectivity index (χ3v) is 4.25. The lowest BCUT2D eigenvalue weighted by Crippen LogP contribution is -2.14. The highest BCUT2D eigenvalue weighted by Crippen LogP contribution is 2.23. The molecule has 0 aliphatic heterocycles. The molecule has 24 heavy (non-hydrogen) atoms. The van der Waals surface area contributed by atoms with Crippen LogP contribution in [0.2, 0.25) is 5.02 Å². The van der Waals surface area contributed by atoms with E-state index in [9.17, 15) is 4.79 Å². The third-order valence-electron chi connectivity index (χ3n) is 3.27. The third kappa shape index (κ3) is 4.15. The van der Waals surface area contributed by atoms with Gasteiger partial charge in [0.25, 0.3) is 0 Å². The van der Waals surface area contributed by atoms with Gasteiger partial charge in [0, 0.05) is 15.5 Å². The van der Waals surface area contributed by atoms with E-state index in [0.717, 1.165) is 10.5 Å². The Kier molecular flexibility index (Phi) is 5.17. The molecule has 3 rings (SSSR count). The second-order valence-electron chi connectivity index (χ2n) is 5.00. The summed E-state index contributed by atoms with van der Waals surface area (Å²) in [6.07, 6.45) is 2.25. The molecular formula is C17H14ClN3O2S. The molecule has 0 spiro atoms. The summed E-state index contributed by atoms with van der Waals surface area (Å²) >= 11 is 7.59. The molecule has 0 atom stereocenters. The fraction of sp³-hybridized carbons (Fsp3) is 0.118. The summed E-state index contributed by atoms with van der Waals surface area (Å²) in [7, 11) is 0. The number of rotatable bonds is 5. The summed E-state index contributed by atoms with van der Waals surface area (Å²) in [5, 5.41) is 10.9. The fourth-order valence-corrected chi connectivity index (χ4v) is 2.70. The van der Waals surface area contributed by atoms with Crippen LogP contribution in [0.5, 0.6) is 0 Å². The van der Waals surface area contributed by atoms with Crippen LogP contribution in [-0.2, 0) is 11.2 Å². The lowest BCUT2D eigenvalue weighted by atomic mass is 10.1. The Morgan fingerprint density at radius 3 is 2.71 bits per heavy atom. The van der Waals surface area contributed by atoms with Gasteiger partial charge in [-0.3, -0.25) is 10.1 Å². The molecule has 0 unspecified atom stereocenters. The molecule has 0 saturated carbocycles. The van der Waals surface area contributed by atoms with Gasteiger partial charge in [0.1, 0.15) is 0 Å². The molecule has 0 aliphatic carbocycles. The average Bonchev–Trinajstić information content (AvgIpc) is 3.04. The molecule has 122 valence electrons. The standard InChI is InChI=1S/C17H14ClN3O2S/c1-24-14-7-5-11(6-8-14)9-15(22)19-17-21-20-16(23-17)12-3-2-4-13(18)10-12/h2-8,10H,9H2,1H3,(H,19,21,22). The van der Waals surface area contributed by atoms with Crippen molar-refractivity contribution in [2.24, 2.45) is 0 Å². The van der Waals surface area contributed by atoms with E-state index in [1.165, 1.54) is 0 Å². The Balaban J connectivity index is 1.64. The summed E-state index contributed by atoms with van der Waals surface area (Å²) in [5.41, 5.74) is 1.61. The first-order valence-electron chi connectivity index (χ1n) is 7.16. The highest BCUT2D eigenvalue weighted by Gasteiger charge is 2.12. The SMILES string of the molecule is CSc1ccc(CC(=O)Nc2nnc(-c3cccc(Cl)c3)o2)cc1. The lowest BCUT2D eigenvalue weighted by molar-refractivity contribution is -0.115. The fourth-order valence-electron chi connectivity index (χ4n) is 2.10. The van der Waals surface area contributed by atoms with Crippen molar-refractivity contribution in [2.45, 2.75) is 11.3 Å². The number of anilines is 1. The quantitative estimate of drug-likeness (QED) is 0.688. The van der Waals surface area contributed by atoms with E-state index in [0.29, 0.717) is 16.5 Å². The van der Waals surface area contributed by atoms with E-state index in [4.69, 9.17) is 16.0 Å². The van der Waals surface area contributed by atoms with E-state index in [1.54, 1.807) is 36.0 Å². The van der Waals surface area contributed by atoms with Gasteiger partial charge >= 0.3 is 6.01 Å².